The molecule has 0 atom stereocenters. The smallest absolute Gasteiger partial charge is 0.330 e. The lowest BCUT2D eigenvalue weighted by molar-refractivity contribution is 0.316. The molecule has 0 aliphatic rings. The van der Waals surface area contributed by atoms with Crippen LogP contribution >= 0.6 is 0 Å². The van der Waals surface area contributed by atoms with Crippen LogP contribution in [0.3, 0.4) is 0 Å². The first kappa shape index (κ1) is 17.3. The van der Waals surface area contributed by atoms with E-state index in [0.717, 1.165) is 19.6 Å². The normalized spacial score (nSPS) is 11.3. The number of H-pyrrole nitrogens is 1. The van der Waals surface area contributed by atoms with Crippen LogP contribution in [0, 0.1) is 5.92 Å². The summed E-state index contributed by atoms with van der Waals surface area (Å²) < 4.78 is 1.41. The number of nitrogens with zero attached hydrogens (tertiary/aromatic N) is 2. The number of aromatic nitrogens is 2. The Balaban J connectivity index is 2.92. The minimum absolute atomic E-state index is 0.206. The molecular formula is C14H27N5O2. The largest absolute Gasteiger partial charge is 0.383 e. The van der Waals surface area contributed by atoms with Crippen molar-refractivity contribution in [1.29, 1.82) is 0 Å². The number of hydrogen-bond donors (Lipinski definition) is 3. The van der Waals surface area contributed by atoms with E-state index in [-0.39, 0.29) is 17.4 Å². The molecule has 0 spiro atoms. The number of nitrogens with two attached hydrogens (primary N) is 1. The molecule has 0 bridgehead atoms. The van der Waals surface area contributed by atoms with Crippen LogP contribution in [0.1, 0.15) is 27.7 Å². The van der Waals surface area contributed by atoms with Crippen molar-refractivity contribution in [2.45, 2.75) is 34.2 Å². The van der Waals surface area contributed by atoms with Crippen molar-refractivity contribution in [2.24, 2.45) is 5.92 Å². The van der Waals surface area contributed by atoms with Crippen LogP contribution in [-0.2, 0) is 6.54 Å². The molecule has 1 aromatic heterocycles. The molecule has 0 unspecified atom stereocenters. The summed E-state index contributed by atoms with van der Waals surface area (Å²) in [5.74, 6) is 0.469. The van der Waals surface area contributed by atoms with Crippen LogP contribution in [0.15, 0.2) is 9.59 Å². The third kappa shape index (κ3) is 4.63. The van der Waals surface area contributed by atoms with Gasteiger partial charge in [0.25, 0.3) is 5.56 Å². The predicted molar refractivity (Wildman–Crippen MR) is 86.9 cm³/mol. The third-order valence-corrected chi connectivity index (χ3v) is 3.41. The Morgan fingerprint density at radius 2 is 1.90 bits per heavy atom. The Labute approximate surface area is 125 Å². The number of aromatic amines is 1. The number of hydrogen-bond acceptors (Lipinski definition) is 5. The van der Waals surface area contributed by atoms with Crippen molar-refractivity contribution in [3.05, 3.63) is 20.8 Å². The lowest BCUT2D eigenvalue weighted by atomic mass is 10.2. The standard InChI is InChI=1S/C14H27N5O2/c1-5-18(6-2)8-7-16-11-12(15)19(9-10(3)4)14(21)17-13(11)20/h10,16H,5-9,15H2,1-4H3,(H,17,20,21). The van der Waals surface area contributed by atoms with Crippen molar-refractivity contribution in [1.82, 2.24) is 14.5 Å². The molecule has 0 aromatic carbocycles. The first-order valence-corrected chi connectivity index (χ1v) is 7.49. The highest BCUT2D eigenvalue weighted by molar-refractivity contribution is 5.60. The fourth-order valence-electron chi connectivity index (χ4n) is 2.18. The molecule has 0 aliphatic heterocycles. The second kappa shape index (κ2) is 7.87. The van der Waals surface area contributed by atoms with Crippen molar-refractivity contribution >= 4 is 11.5 Å². The van der Waals surface area contributed by atoms with Gasteiger partial charge in [-0.2, -0.15) is 0 Å². The lowest BCUT2D eigenvalue weighted by Gasteiger charge is -2.19. The van der Waals surface area contributed by atoms with Crippen LogP contribution in [0.5, 0.6) is 0 Å². The summed E-state index contributed by atoms with van der Waals surface area (Å²) in [5.41, 5.74) is 5.34. The Hall–Kier alpha value is -1.76. The molecule has 7 heteroatoms. The highest BCUT2D eigenvalue weighted by atomic mass is 16.2. The Kier molecular flexibility index (Phi) is 6.48. The average Bonchev–Trinajstić information content (AvgIpc) is 2.42. The van der Waals surface area contributed by atoms with Gasteiger partial charge in [-0.25, -0.2) is 4.79 Å². The van der Waals surface area contributed by atoms with Gasteiger partial charge in [0, 0.05) is 19.6 Å². The number of rotatable bonds is 8. The molecule has 0 saturated heterocycles. The molecule has 0 saturated carbocycles. The van der Waals surface area contributed by atoms with Gasteiger partial charge < -0.3 is 16.0 Å². The minimum Gasteiger partial charge on any atom is -0.383 e. The summed E-state index contributed by atoms with van der Waals surface area (Å²) in [6.45, 7) is 12.0. The van der Waals surface area contributed by atoms with Gasteiger partial charge in [0.05, 0.1) is 0 Å². The third-order valence-electron chi connectivity index (χ3n) is 3.41. The molecule has 21 heavy (non-hydrogen) atoms. The Morgan fingerprint density at radius 1 is 1.29 bits per heavy atom. The molecule has 7 nitrogen and oxygen atoms in total. The van der Waals surface area contributed by atoms with E-state index in [4.69, 9.17) is 5.73 Å². The number of nitrogen functional groups attached to an aromatic ring is 1. The van der Waals surface area contributed by atoms with Crippen molar-refractivity contribution in [3.8, 4) is 0 Å². The highest BCUT2D eigenvalue weighted by Gasteiger charge is 2.13. The summed E-state index contributed by atoms with van der Waals surface area (Å²) >= 11 is 0. The Bertz CT molecular complexity index is 557. The highest BCUT2D eigenvalue weighted by Crippen LogP contribution is 2.11. The van der Waals surface area contributed by atoms with E-state index in [1.807, 2.05) is 13.8 Å². The predicted octanol–water partition coefficient (Wildman–Crippen LogP) is 0.529. The van der Waals surface area contributed by atoms with Gasteiger partial charge in [-0.1, -0.05) is 27.7 Å². The van der Waals surface area contributed by atoms with E-state index in [0.29, 0.717) is 13.1 Å². The summed E-state index contributed by atoms with van der Waals surface area (Å²) in [5, 5.41) is 3.05. The Morgan fingerprint density at radius 3 is 2.43 bits per heavy atom. The van der Waals surface area contributed by atoms with Gasteiger partial charge in [-0.05, 0) is 19.0 Å². The molecular weight excluding hydrogens is 270 g/mol. The van der Waals surface area contributed by atoms with Crippen molar-refractivity contribution in [2.75, 3.05) is 37.2 Å². The first-order valence-electron chi connectivity index (χ1n) is 7.49. The summed E-state index contributed by atoms with van der Waals surface area (Å²) in [7, 11) is 0. The van der Waals surface area contributed by atoms with E-state index in [1.165, 1.54) is 4.57 Å². The van der Waals surface area contributed by atoms with Crippen LogP contribution in [0.4, 0.5) is 11.5 Å². The topological polar surface area (TPSA) is 96.2 Å². The summed E-state index contributed by atoms with van der Waals surface area (Å²) in [6.07, 6.45) is 0. The van der Waals surface area contributed by atoms with Gasteiger partial charge in [0.15, 0.2) is 0 Å². The molecule has 0 amide bonds. The van der Waals surface area contributed by atoms with Gasteiger partial charge in [-0.15, -0.1) is 0 Å². The van der Waals surface area contributed by atoms with E-state index >= 15 is 0 Å². The molecule has 0 radical (unpaired) electrons. The molecule has 1 rings (SSSR count). The van der Waals surface area contributed by atoms with Crippen LogP contribution in [0.2, 0.25) is 0 Å². The first-order chi connectivity index (χ1) is 9.90. The maximum Gasteiger partial charge on any atom is 0.330 e. The van der Waals surface area contributed by atoms with Gasteiger partial charge >= 0.3 is 5.69 Å². The average molecular weight is 297 g/mol. The SMILES string of the molecule is CCN(CC)CCNc1c(N)n(CC(C)C)c(=O)[nH]c1=O. The summed E-state index contributed by atoms with van der Waals surface area (Å²) in [6, 6.07) is 0. The monoisotopic (exact) mass is 297 g/mol. The van der Waals surface area contributed by atoms with Crippen LogP contribution in [-0.4, -0.2) is 40.6 Å². The van der Waals surface area contributed by atoms with E-state index < -0.39 is 11.2 Å². The molecule has 0 fully saturated rings. The number of anilines is 2. The zero-order valence-corrected chi connectivity index (χ0v) is 13.4. The number of likely N-dealkylation sites (N-methyl/N-ethyl adjacent to an activating group) is 1. The molecule has 1 aromatic rings. The molecule has 4 N–H and O–H groups in total. The van der Waals surface area contributed by atoms with E-state index in [1.54, 1.807) is 0 Å². The van der Waals surface area contributed by atoms with E-state index in [9.17, 15) is 9.59 Å². The summed E-state index contributed by atoms with van der Waals surface area (Å²) in [4.78, 5) is 28.3. The quantitative estimate of drug-likeness (QED) is 0.650. The van der Waals surface area contributed by atoms with Gasteiger partial charge in [0.1, 0.15) is 11.5 Å². The van der Waals surface area contributed by atoms with Crippen LogP contribution < -0.4 is 22.3 Å². The fourth-order valence-corrected chi connectivity index (χ4v) is 2.18. The second-order valence-corrected chi connectivity index (χ2v) is 5.48. The maximum absolute atomic E-state index is 11.9. The minimum atomic E-state index is -0.461. The van der Waals surface area contributed by atoms with Gasteiger partial charge in [0.2, 0.25) is 0 Å². The zero-order valence-electron chi connectivity index (χ0n) is 13.4. The van der Waals surface area contributed by atoms with Gasteiger partial charge in [-0.3, -0.25) is 14.3 Å². The molecule has 1 heterocycles. The van der Waals surface area contributed by atoms with Crippen molar-refractivity contribution in [3.63, 3.8) is 0 Å². The fraction of sp³-hybridized carbons (Fsp3) is 0.714. The van der Waals surface area contributed by atoms with E-state index in [2.05, 4.69) is 29.0 Å². The zero-order chi connectivity index (χ0) is 16.0. The lowest BCUT2D eigenvalue weighted by Crippen LogP contribution is -2.36. The maximum atomic E-state index is 11.9. The molecule has 0 aliphatic carbocycles. The van der Waals surface area contributed by atoms with Crippen molar-refractivity contribution < 1.29 is 0 Å². The molecule has 120 valence electrons. The number of nitrogens with one attached hydrogen (secondary N) is 2. The van der Waals surface area contributed by atoms with Crippen LogP contribution in [0.25, 0.3) is 0 Å². The second-order valence-electron chi connectivity index (χ2n) is 5.48.